The summed E-state index contributed by atoms with van der Waals surface area (Å²) >= 11 is 0. The lowest BCUT2D eigenvalue weighted by molar-refractivity contribution is -0.118. The first-order chi connectivity index (χ1) is 9.75. The molecule has 2 N–H and O–H groups in total. The summed E-state index contributed by atoms with van der Waals surface area (Å²) < 4.78 is 0. The molecule has 0 saturated heterocycles. The molecule has 0 spiro atoms. The summed E-state index contributed by atoms with van der Waals surface area (Å²) in [6.07, 6.45) is 1.29. The van der Waals surface area contributed by atoms with Gasteiger partial charge >= 0.3 is 0 Å². The Bertz CT molecular complexity index is 609. The van der Waals surface area contributed by atoms with Crippen molar-refractivity contribution < 1.29 is 4.79 Å². The summed E-state index contributed by atoms with van der Waals surface area (Å²) in [7, 11) is 0. The van der Waals surface area contributed by atoms with Crippen LogP contribution in [-0.4, -0.2) is 12.5 Å². The van der Waals surface area contributed by atoms with Gasteiger partial charge in [-0.2, -0.15) is 0 Å². The zero-order chi connectivity index (χ0) is 13.9. The van der Waals surface area contributed by atoms with Gasteiger partial charge in [0.15, 0.2) is 0 Å². The number of nitrogens with zero attached hydrogens (tertiary/aromatic N) is 1. The van der Waals surface area contributed by atoms with Crippen LogP contribution in [0.25, 0.3) is 0 Å². The maximum Gasteiger partial charge on any atom is 0.227 e. The molecule has 0 unspecified atom stereocenters. The maximum absolute atomic E-state index is 12.4. The number of carbonyl (C=O) groups is 1. The molecule has 0 saturated carbocycles. The van der Waals surface area contributed by atoms with Crippen molar-refractivity contribution in [3.63, 3.8) is 0 Å². The Morgan fingerprint density at radius 3 is 2.60 bits per heavy atom. The third-order valence-electron chi connectivity index (χ3n) is 3.78. The molecule has 2 aromatic rings. The lowest BCUT2D eigenvalue weighted by atomic mass is 10.1. The molecule has 0 aromatic heterocycles. The van der Waals surface area contributed by atoms with E-state index in [1.807, 2.05) is 47.4 Å². The smallest absolute Gasteiger partial charge is 0.227 e. The highest BCUT2D eigenvalue weighted by molar-refractivity contribution is 5.95. The van der Waals surface area contributed by atoms with E-state index in [4.69, 9.17) is 5.73 Å². The summed E-state index contributed by atoms with van der Waals surface area (Å²) in [6, 6.07) is 17.9. The summed E-state index contributed by atoms with van der Waals surface area (Å²) in [5.74, 6) is 0.147. The van der Waals surface area contributed by atoms with E-state index in [0.717, 1.165) is 17.7 Å². The van der Waals surface area contributed by atoms with Crippen LogP contribution in [0.15, 0.2) is 54.6 Å². The Kier molecular flexibility index (Phi) is 3.52. The number of fused-ring (bicyclic) bond motifs is 1. The number of anilines is 1. The number of nitrogens with two attached hydrogens (primary N) is 1. The van der Waals surface area contributed by atoms with Crippen LogP contribution in [0.1, 0.15) is 23.6 Å². The van der Waals surface area contributed by atoms with Gasteiger partial charge in [0.05, 0.1) is 0 Å². The molecule has 0 bridgehead atoms. The van der Waals surface area contributed by atoms with E-state index >= 15 is 0 Å². The molecule has 0 aliphatic carbocycles. The Balaban J connectivity index is 1.70. The Morgan fingerprint density at radius 1 is 1.10 bits per heavy atom. The van der Waals surface area contributed by atoms with E-state index in [1.165, 1.54) is 5.56 Å². The second-order valence-electron chi connectivity index (χ2n) is 5.16. The van der Waals surface area contributed by atoms with E-state index in [1.54, 1.807) is 0 Å². The molecule has 1 aliphatic heterocycles. The predicted molar refractivity (Wildman–Crippen MR) is 80.5 cm³/mol. The summed E-state index contributed by atoms with van der Waals surface area (Å²) in [5.41, 5.74) is 9.32. The number of amides is 1. The molecule has 3 rings (SSSR count). The highest BCUT2D eigenvalue weighted by Gasteiger charge is 2.29. The van der Waals surface area contributed by atoms with Crippen molar-refractivity contribution in [2.24, 2.45) is 5.73 Å². The van der Waals surface area contributed by atoms with Crippen LogP contribution in [0.5, 0.6) is 0 Å². The SMILES string of the molecule is N[C@@H]1CN(C(=O)CCc2ccccc2)c2ccccc21. The Hall–Kier alpha value is -2.13. The van der Waals surface area contributed by atoms with Crippen LogP contribution in [0.3, 0.4) is 0 Å². The number of aryl methyl sites for hydroxylation is 1. The molecular weight excluding hydrogens is 248 g/mol. The van der Waals surface area contributed by atoms with E-state index in [2.05, 4.69) is 12.1 Å². The van der Waals surface area contributed by atoms with Crippen LogP contribution in [0.4, 0.5) is 5.69 Å². The number of para-hydroxylation sites is 1. The van der Waals surface area contributed by atoms with Crippen molar-refractivity contribution in [3.05, 3.63) is 65.7 Å². The predicted octanol–water partition coefficient (Wildman–Crippen LogP) is 2.67. The van der Waals surface area contributed by atoms with Gasteiger partial charge in [-0.3, -0.25) is 4.79 Å². The highest BCUT2D eigenvalue weighted by atomic mass is 16.2. The summed E-state index contributed by atoms with van der Waals surface area (Å²) in [5, 5.41) is 0. The van der Waals surface area contributed by atoms with Crippen LogP contribution in [-0.2, 0) is 11.2 Å². The zero-order valence-electron chi connectivity index (χ0n) is 11.3. The minimum absolute atomic E-state index is 0.0631. The fourth-order valence-corrected chi connectivity index (χ4v) is 2.71. The van der Waals surface area contributed by atoms with E-state index < -0.39 is 0 Å². The number of benzene rings is 2. The van der Waals surface area contributed by atoms with Crippen LogP contribution >= 0.6 is 0 Å². The lowest BCUT2D eigenvalue weighted by Crippen LogP contribution is -2.31. The third kappa shape index (κ3) is 2.45. The van der Waals surface area contributed by atoms with Crippen molar-refractivity contribution in [1.82, 2.24) is 0 Å². The van der Waals surface area contributed by atoms with Gasteiger partial charge in [-0.25, -0.2) is 0 Å². The van der Waals surface area contributed by atoms with Gasteiger partial charge in [-0.1, -0.05) is 48.5 Å². The molecule has 3 nitrogen and oxygen atoms in total. The molecular formula is C17H18N2O. The fourth-order valence-electron chi connectivity index (χ4n) is 2.71. The van der Waals surface area contributed by atoms with Gasteiger partial charge in [-0.05, 0) is 23.6 Å². The molecule has 3 heteroatoms. The third-order valence-corrected chi connectivity index (χ3v) is 3.78. The highest BCUT2D eigenvalue weighted by Crippen LogP contribution is 2.33. The van der Waals surface area contributed by atoms with Gasteiger partial charge < -0.3 is 10.6 Å². The molecule has 1 amide bonds. The van der Waals surface area contributed by atoms with Crippen molar-refractivity contribution in [2.45, 2.75) is 18.9 Å². The van der Waals surface area contributed by atoms with E-state index in [0.29, 0.717) is 13.0 Å². The first-order valence-electron chi connectivity index (χ1n) is 6.94. The standard InChI is InChI=1S/C17H18N2O/c18-15-12-19(16-9-5-4-8-14(15)16)17(20)11-10-13-6-2-1-3-7-13/h1-9,15H,10-12,18H2/t15-/m1/s1. The molecule has 1 heterocycles. The molecule has 20 heavy (non-hydrogen) atoms. The second kappa shape index (κ2) is 5.47. The lowest BCUT2D eigenvalue weighted by Gasteiger charge is -2.17. The second-order valence-corrected chi connectivity index (χ2v) is 5.16. The topological polar surface area (TPSA) is 46.3 Å². The number of hydrogen-bond acceptors (Lipinski definition) is 2. The van der Waals surface area contributed by atoms with Crippen molar-refractivity contribution in [3.8, 4) is 0 Å². The van der Waals surface area contributed by atoms with E-state index in [9.17, 15) is 4.79 Å². The first-order valence-corrected chi connectivity index (χ1v) is 6.94. The fraction of sp³-hybridized carbons (Fsp3) is 0.235. The zero-order valence-corrected chi connectivity index (χ0v) is 11.3. The van der Waals surface area contributed by atoms with Gasteiger partial charge in [0.2, 0.25) is 5.91 Å². The van der Waals surface area contributed by atoms with Gasteiger partial charge in [0.25, 0.3) is 0 Å². The average Bonchev–Trinajstić information content (AvgIpc) is 2.84. The van der Waals surface area contributed by atoms with Crippen LogP contribution in [0.2, 0.25) is 0 Å². The molecule has 2 aromatic carbocycles. The Morgan fingerprint density at radius 2 is 1.80 bits per heavy atom. The normalized spacial score (nSPS) is 17.1. The van der Waals surface area contributed by atoms with Crippen LogP contribution in [0, 0.1) is 0 Å². The van der Waals surface area contributed by atoms with Gasteiger partial charge in [0.1, 0.15) is 0 Å². The molecule has 0 radical (unpaired) electrons. The number of hydrogen-bond donors (Lipinski definition) is 1. The molecule has 1 atom stereocenters. The molecule has 1 aliphatic rings. The van der Waals surface area contributed by atoms with Crippen molar-refractivity contribution in [1.29, 1.82) is 0 Å². The van der Waals surface area contributed by atoms with Crippen LogP contribution < -0.4 is 10.6 Å². The quantitative estimate of drug-likeness (QED) is 0.928. The minimum Gasteiger partial charge on any atom is -0.322 e. The van der Waals surface area contributed by atoms with Crippen molar-refractivity contribution in [2.75, 3.05) is 11.4 Å². The van der Waals surface area contributed by atoms with Gasteiger partial charge in [0, 0.05) is 24.7 Å². The summed E-state index contributed by atoms with van der Waals surface area (Å²) in [6.45, 7) is 0.590. The first kappa shape index (κ1) is 12.9. The number of rotatable bonds is 3. The van der Waals surface area contributed by atoms with Crippen molar-refractivity contribution >= 4 is 11.6 Å². The average molecular weight is 266 g/mol. The summed E-state index contributed by atoms with van der Waals surface area (Å²) in [4.78, 5) is 14.2. The number of carbonyl (C=O) groups excluding carboxylic acids is 1. The maximum atomic E-state index is 12.4. The van der Waals surface area contributed by atoms with Gasteiger partial charge in [-0.15, -0.1) is 0 Å². The molecule has 102 valence electrons. The monoisotopic (exact) mass is 266 g/mol. The largest absolute Gasteiger partial charge is 0.322 e. The Labute approximate surface area is 119 Å². The molecule has 0 fully saturated rings. The minimum atomic E-state index is -0.0631. The van der Waals surface area contributed by atoms with E-state index in [-0.39, 0.29) is 11.9 Å².